The highest BCUT2D eigenvalue weighted by Crippen LogP contribution is 2.30. The first-order valence-corrected chi connectivity index (χ1v) is 6.30. The Balaban J connectivity index is 2.86. The second kappa shape index (κ2) is 5.26. The van der Waals surface area contributed by atoms with Crippen molar-refractivity contribution in [1.29, 1.82) is 0 Å². The van der Waals surface area contributed by atoms with E-state index in [-0.39, 0.29) is 5.56 Å². The average molecular weight is 258 g/mol. The second-order valence-electron chi connectivity index (χ2n) is 4.45. The van der Waals surface area contributed by atoms with Crippen LogP contribution in [0, 0.1) is 6.92 Å². The maximum Gasteiger partial charge on any atom is 0.278 e. The van der Waals surface area contributed by atoms with E-state index in [0.29, 0.717) is 11.3 Å². The van der Waals surface area contributed by atoms with E-state index in [4.69, 9.17) is 4.74 Å². The van der Waals surface area contributed by atoms with Crippen molar-refractivity contribution in [1.82, 2.24) is 9.78 Å². The largest absolute Gasteiger partial charge is 0.494 e. The van der Waals surface area contributed by atoms with E-state index in [1.165, 1.54) is 4.68 Å². The molecule has 0 N–H and O–H groups in total. The molecule has 4 heteroatoms. The van der Waals surface area contributed by atoms with Gasteiger partial charge in [-0.2, -0.15) is 5.10 Å². The molecule has 4 nitrogen and oxygen atoms in total. The number of hydrogen-bond acceptors (Lipinski definition) is 3. The Bertz CT molecular complexity index is 660. The van der Waals surface area contributed by atoms with Crippen LogP contribution in [0.4, 0.5) is 0 Å². The fourth-order valence-electron chi connectivity index (χ4n) is 2.22. The minimum absolute atomic E-state index is 0.136. The minimum atomic E-state index is -0.136. The van der Waals surface area contributed by atoms with E-state index in [1.807, 2.05) is 38.1 Å². The third-order valence-corrected chi connectivity index (χ3v) is 3.22. The second-order valence-corrected chi connectivity index (χ2v) is 4.45. The molecule has 0 aliphatic carbocycles. The van der Waals surface area contributed by atoms with Crippen molar-refractivity contribution in [2.24, 2.45) is 7.05 Å². The SMILES string of the molecule is CCc1nn(C)c(=O)c(-c2ccccc2C)c1OC. The Morgan fingerprint density at radius 1 is 1.32 bits per heavy atom. The maximum absolute atomic E-state index is 12.4. The molecule has 0 amide bonds. The van der Waals surface area contributed by atoms with Gasteiger partial charge in [-0.15, -0.1) is 0 Å². The molecule has 1 heterocycles. The van der Waals surface area contributed by atoms with Crippen LogP contribution in [0.3, 0.4) is 0 Å². The number of nitrogens with zero attached hydrogens (tertiary/aromatic N) is 2. The van der Waals surface area contributed by atoms with Crippen molar-refractivity contribution in [2.75, 3.05) is 7.11 Å². The number of hydrogen-bond donors (Lipinski definition) is 0. The molecule has 19 heavy (non-hydrogen) atoms. The molecule has 100 valence electrons. The van der Waals surface area contributed by atoms with E-state index < -0.39 is 0 Å². The molecule has 0 aliphatic heterocycles. The van der Waals surface area contributed by atoms with Crippen LogP contribution < -0.4 is 10.3 Å². The van der Waals surface area contributed by atoms with Crippen molar-refractivity contribution in [3.8, 4) is 16.9 Å². The van der Waals surface area contributed by atoms with Crippen molar-refractivity contribution < 1.29 is 4.74 Å². The van der Waals surface area contributed by atoms with E-state index in [1.54, 1.807) is 14.2 Å². The third kappa shape index (κ3) is 2.26. The smallest absolute Gasteiger partial charge is 0.278 e. The van der Waals surface area contributed by atoms with E-state index in [0.717, 1.165) is 23.2 Å². The Kier molecular flexibility index (Phi) is 3.69. The molecule has 0 saturated carbocycles. The summed E-state index contributed by atoms with van der Waals surface area (Å²) in [6, 6.07) is 7.80. The predicted octanol–water partition coefficient (Wildman–Crippen LogP) is 2.33. The minimum Gasteiger partial charge on any atom is -0.494 e. The van der Waals surface area contributed by atoms with Gasteiger partial charge < -0.3 is 4.74 Å². The molecular formula is C15H18N2O2. The zero-order valence-corrected chi connectivity index (χ0v) is 11.7. The lowest BCUT2D eigenvalue weighted by molar-refractivity contribution is 0.403. The van der Waals surface area contributed by atoms with Gasteiger partial charge in [0.15, 0.2) is 5.75 Å². The lowest BCUT2D eigenvalue weighted by atomic mass is 10.0. The number of ether oxygens (including phenoxy) is 1. The predicted molar refractivity (Wildman–Crippen MR) is 75.6 cm³/mol. The number of benzene rings is 1. The molecule has 0 spiro atoms. The highest BCUT2D eigenvalue weighted by atomic mass is 16.5. The Morgan fingerprint density at radius 3 is 2.58 bits per heavy atom. The van der Waals surface area contributed by atoms with Crippen LogP contribution in [-0.2, 0) is 13.5 Å². The van der Waals surface area contributed by atoms with Gasteiger partial charge >= 0.3 is 0 Å². The topological polar surface area (TPSA) is 44.1 Å². The number of methoxy groups -OCH3 is 1. The molecule has 2 aromatic rings. The molecule has 0 fully saturated rings. The molecule has 0 unspecified atom stereocenters. The zero-order valence-electron chi connectivity index (χ0n) is 11.7. The van der Waals surface area contributed by atoms with Crippen molar-refractivity contribution in [3.05, 3.63) is 45.9 Å². The van der Waals surface area contributed by atoms with Crippen LogP contribution in [0.5, 0.6) is 5.75 Å². The quantitative estimate of drug-likeness (QED) is 0.848. The standard InChI is InChI=1S/C15H18N2O2/c1-5-12-14(19-4)13(15(18)17(3)16-12)11-9-7-6-8-10(11)2/h6-9H,5H2,1-4H3. The van der Waals surface area contributed by atoms with Crippen LogP contribution in [0.15, 0.2) is 29.1 Å². The summed E-state index contributed by atoms with van der Waals surface area (Å²) in [5.41, 5.74) is 3.20. The summed E-state index contributed by atoms with van der Waals surface area (Å²) in [6.45, 7) is 3.98. The maximum atomic E-state index is 12.4. The van der Waals surface area contributed by atoms with Gasteiger partial charge in [-0.1, -0.05) is 31.2 Å². The molecule has 2 rings (SSSR count). The summed E-state index contributed by atoms with van der Waals surface area (Å²) < 4.78 is 6.81. The van der Waals surface area contributed by atoms with Gasteiger partial charge in [0.2, 0.25) is 0 Å². The van der Waals surface area contributed by atoms with Crippen LogP contribution in [-0.4, -0.2) is 16.9 Å². The fraction of sp³-hybridized carbons (Fsp3) is 0.333. The van der Waals surface area contributed by atoms with Gasteiger partial charge in [0.05, 0.1) is 12.7 Å². The lowest BCUT2D eigenvalue weighted by Crippen LogP contribution is -2.24. The Morgan fingerprint density at radius 2 is 2.00 bits per heavy atom. The first-order valence-electron chi connectivity index (χ1n) is 6.30. The van der Waals surface area contributed by atoms with Crippen molar-refractivity contribution in [2.45, 2.75) is 20.3 Å². The first kappa shape index (κ1) is 13.3. The summed E-state index contributed by atoms with van der Waals surface area (Å²) in [4.78, 5) is 12.4. The van der Waals surface area contributed by atoms with E-state index in [2.05, 4.69) is 5.10 Å². The molecule has 0 bridgehead atoms. The average Bonchev–Trinajstić information content (AvgIpc) is 2.42. The summed E-state index contributed by atoms with van der Waals surface area (Å²) in [7, 11) is 3.25. The van der Waals surface area contributed by atoms with E-state index in [9.17, 15) is 4.79 Å². The Hall–Kier alpha value is -2.10. The third-order valence-electron chi connectivity index (χ3n) is 3.22. The normalized spacial score (nSPS) is 10.5. The molecule has 0 saturated heterocycles. The van der Waals surface area contributed by atoms with Crippen LogP contribution in [0.25, 0.3) is 11.1 Å². The fourth-order valence-corrected chi connectivity index (χ4v) is 2.22. The number of aromatic nitrogens is 2. The van der Waals surface area contributed by atoms with Crippen LogP contribution in [0.1, 0.15) is 18.2 Å². The van der Waals surface area contributed by atoms with Crippen LogP contribution in [0.2, 0.25) is 0 Å². The lowest BCUT2D eigenvalue weighted by Gasteiger charge is -2.14. The molecule has 0 radical (unpaired) electrons. The molecule has 0 atom stereocenters. The monoisotopic (exact) mass is 258 g/mol. The highest BCUT2D eigenvalue weighted by molar-refractivity contribution is 5.73. The summed E-state index contributed by atoms with van der Waals surface area (Å²) in [5, 5.41) is 4.26. The van der Waals surface area contributed by atoms with Gasteiger partial charge in [0.1, 0.15) is 5.69 Å². The molecule has 0 aliphatic rings. The van der Waals surface area contributed by atoms with Crippen molar-refractivity contribution in [3.63, 3.8) is 0 Å². The highest BCUT2D eigenvalue weighted by Gasteiger charge is 2.18. The zero-order chi connectivity index (χ0) is 14.0. The van der Waals surface area contributed by atoms with Crippen LogP contribution >= 0.6 is 0 Å². The number of rotatable bonds is 3. The van der Waals surface area contributed by atoms with Gasteiger partial charge in [-0.25, -0.2) is 4.68 Å². The Labute approximate surface area is 112 Å². The summed E-state index contributed by atoms with van der Waals surface area (Å²) >= 11 is 0. The molecule has 1 aromatic carbocycles. The molecule has 1 aromatic heterocycles. The summed E-state index contributed by atoms with van der Waals surface area (Å²) in [5.74, 6) is 0.583. The van der Waals surface area contributed by atoms with Gasteiger partial charge in [0.25, 0.3) is 5.56 Å². The van der Waals surface area contributed by atoms with Gasteiger partial charge in [-0.05, 0) is 24.5 Å². The summed E-state index contributed by atoms with van der Waals surface area (Å²) in [6.07, 6.45) is 0.718. The number of aryl methyl sites for hydroxylation is 3. The van der Waals surface area contributed by atoms with E-state index >= 15 is 0 Å². The first-order chi connectivity index (χ1) is 9.10. The van der Waals surface area contributed by atoms with Crippen molar-refractivity contribution >= 4 is 0 Å². The molecular weight excluding hydrogens is 240 g/mol. The van der Waals surface area contributed by atoms with Gasteiger partial charge in [0, 0.05) is 7.05 Å². The van der Waals surface area contributed by atoms with Gasteiger partial charge in [-0.3, -0.25) is 4.79 Å².